The molecule has 0 aliphatic heterocycles. The Balaban J connectivity index is 1.60. The molecule has 0 aliphatic rings. The number of benzene rings is 3. The number of H-pyrrole nitrogens is 1. The van der Waals surface area contributed by atoms with Crippen molar-refractivity contribution in [1.29, 1.82) is 0 Å². The molecular weight excluding hydrogens is 418 g/mol. The van der Waals surface area contributed by atoms with E-state index < -0.39 is 5.25 Å². The summed E-state index contributed by atoms with van der Waals surface area (Å²) in [7, 11) is 0. The summed E-state index contributed by atoms with van der Waals surface area (Å²) in [6.45, 7) is 1.95. The van der Waals surface area contributed by atoms with Crippen molar-refractivity contribution in [3.63, 3.8) is 0 Å². The van der Waals surface area contributed by atoms with Gasteiger partial charge in [0.05, 0.1) is 0 Å². The third kappa shape index (κ3) is 5.34. The lowest BCUT2D eigenvalue weighted by atomic mass is 10.1. The van der Waals surface area contributed by atoms with E-state index in [1.165, 1.54) is 17.8 Å². The summed E-state index contributed by atoms with van der Waals surface area (Å²) < 4.78 is 0. The minimum absolute atomic E-state index is 0.119. The molecule has 3 aromatic carbocycles. The van der Waals surface area contributed by atoms with E-state index >= 15 is 0 Å². The molecule has 1 amide bonds. The van der Waals surface area contributed by atoms with E-state index in [0.29, 0.717) is 17.9 Å². The van der Waals surface area contributed by atoms with Gasteiger partial charge < -0.3 is 10.3 Å². The number of aryl methyl sites for hydroxylation is 1. The Morgan fingerprint density at radius 3 is 2.41 bits per heavy atom. The lowest BCUT2D eigenvalue weighted by Crippen LogP contribution is -2.19. The number of nitrogens with zero attached hydrogens (tertiary/aromatic N) is 1. The van der Waals surface area contributed by atoms with Crippen LogP contribution in [0, 0.1) is 0 Å². The zero-order valence-corrected chi connectivity index (χ0v) is 18.4. The quantitative estimate of drug-likeness (QED) is 0.373. The van der Waals surface area contributed by atoms with Gasteiger partial charge in [0.1, 0.15) is 11.1 Å². The lowest BCUT2D eigenvalue weighted by Gasteiger charge is -2.17. The second-order valence-corrected chi connectivity index (χ2v) is 8.41. The van der Waals surface area contributed by atoms with Crippen molar-refractivity contribution in [2.24, 2.45) is 0 Å². The molecule has 2 N–H and O–H groups in total. The van der Waals surface area contributed by atoms with Crippen molar-refractivity contribution in [2.75, 3.05) is 5.32 Å². The highest BCUT2D eigenvalue weighted by molar-refractivity contribution is 8.00. The standard InChI is InChI=1S/C26H23N3O2S/c1-2-20-17-23(30)29-25(27-20)19-12-9-13-21(16-19)28-26(31)24(18-10-5-3-6-11-18)32-22-14-7-4-8-15-22/h3-17,24H,2H2,1H3,(H,28,31)(H,27,29,30). The van der Waals surface area contributed by atoms with Crippen molar-refractivity contribution in [3.05, 3.63) is 113 Å². The Labute approximate surface area is 190 Å². The van der Waals surface area contributed by atoms with Crippen molar-refractivity contribution < 1.29 is 4.79 Å². The molecule has 4 aromatic rings. The number of rotatable bonds is 7. The first kappa shape index (κ1) is 21.6. The Morgan fingerprint density at radius 1 is 0.969 bits per heavy atom. The van der Waals surface area contributed by atoms with Gasteiger partial charge in [-0.25, -0.2) is 4.98 Å². The van der Waals surface area contributed by atoms with Crippen LogP contribution in [0.5, 0.6) is 0 Å². The fourth-order valence-electron chi connectivity index (χ4n) is 3.31. The van der Waals surface area contributed by atoms with E-state index in [1.807, 2.05) is 91.9 Å². The first-order valence-electron chi connectivity index (χ1n) is 10.4. The number of anilines is 1. The van der Waals surface area contributed by atoms with Crippen LogP contribution >= 0.6 is 11.8 Å². The van der Waals surface area contributed by atoms with Gasteiger partial charge >= 0.3 is 0 Å². The number of hydrogen-bond acceptors (Lipinski definition) is 4. The maximum Gasteiger partial charge on any atom is 0.251 e. The molecule has 0 aliphatic carbocycles. The lowest BCUT2D eigenvalue weighted by molar-refractivity contribution is -0.115. The Kier molecular flexibility index (Phi) is 6.82. The van der Waals surface area contributed by atoms with Gasteiger partial charge in [-0.05, 0) is 36.2 Å². The molecule has 0 radical (unpaired) electrons. The van der Waals surface area contributed by atoms with Crippen LogP contribution in [0.25, 0.3) is 11.4 Å². The summed E-state index contributed by atoms with van der Waals surface area (Å²) in [5, 5.41) is 2.62. The average Bonchev–Trinajstić information content (AvgIpc) is 2.83. The molecule has 1 atom stereocenters. The minimum atomic E-state index is -0.413. The number of aromatic nitrogens is 2. The maximum atomic E-state index is 13.3. The molecule has 5 nitrogen and oxygen atoms in total. The van der Waals surface area contributed by atoms with Crippen molar-refractivity contribution in [2.45, 2.75) is 23.5 Å². The third-order valence-corrected chi connectivity index (χ3v) is 6.16. The van der Waals surface area contributed by atoms with Crippen LogP contribution in [-0.2, 0) is 11.2 Å². The third-order valence-electron chi connectivity index (χ3n) is 4.90. The Hall–Kier alpha value is -3.64. The number of thioether (sulfide) groups is 1. The zero-order valence-electron chi connectivity index (χ0n) is 17.6. The van der Waals surface area contributed by atoms with Crippen molar-refractivity contribution in [3.8, 4) is 11.4 Å². The van der Waals surface area contributed by atoms with Gasteiger partial charge in [0, 0.05) is 27.9 Å². The van der Waals surface area contributed by atoms with Crippen LogP contribution in [-0.4, -0.2) is 15.9 Å². The predicted octanol–water partition coefficient (Wildman–Crippen LogP) is 5.47. The molecular formula is C26H23N3O2S. The fourth-order valence-corrected chi connectivity index (χ4v) is 4.36. The van der Waals surface area contributed by atoms with E-state index in [0.717, 1.165) is 21.7 Å². The molecule has 0 spiro atoms. The van der Waals surface area contributed by atoms with Crippen LogP contribution in [0.2, 0.25) is 0 Å². The normalized spacial score (nSPS) is 11.7. The van der Waals surface area contributed by atoms with Crippen LogP contribution in [0.3, 0.4) is 0 Å². The predicted molar refractivity (Wildman–Crippen MR) is 130 cm³/mol. The molecule has 4 rings (SSSR count). The molecule has 0 bridgehead atoms. The van der Waals surface area contributed by atoms with E-state index in [2.05, 4.69) is 15.3 Å². The molecule has 0 saturated carbocycles. The van der Waals surface area contributed by atoms with E-state index in [9.17, 15) is 9.59 Å². The molecule has 1 heterocycles. The molecule has 0 fully saturated rings. The largest absolute Gasteiger partial charge is 0.325 e. The van der Waals surface area contributed by atoms with Crippen molar-refractivity contribution >= 4 is 23.4 Å². The molecule has 6 heteroatoms. The van der Waals surface area contributed by atoms with Crippen LogP contribution in [0.15, 0.2) is 101 Å². The number of carbonyl (C=O) groups is 1. The Bertz CT molecular complexity index is 1260. The number of aromatic amines is 1. The van der Waals surface area contributed by atoms with E-state index in [1.54, 1.807) is 0 Å². The fraction of sp³-hybridized carbons (Fsp3) is 0.115. The summed E-state index contributed by atoms with van der Waals surface area (Å²) in [5.74, 6) is 0.370. The maximum absolute atomic E-state index is 13.3. The van der Waals surface area contributed by atoms with Crippen LogP contribution < -0.4 is 10.9 Å². The number of amides is 1. The summed E-state index contributed by atoms with van der Waals surface area (Å²) in [5.41, 5.74) is 2.84. The SMILES string of the molecule is CCc1cc(=O)[nH]c(-c2cccc(NC(=O)C(Sc3ccccc3)c3ccccc3)c2)n1. The first-order chi connectivity index (χ1) is 15.6. The molecule has 1 aromatic heterocycles. The van der Waals surface area contributed by atoms with Crippen molar-refractivity contribution in [1.82, 2.24) is 9.97 Å². The van der Waals surface area contributed by atoms with Gasteiger partial charge in [0.25, 0.3) is 5.56 Å². The second kappa shape index (κ2) is 10.1. The zero-order chi connectivity index (χ0) is 22.3. The van der Waals surface area contributed by atoms with Crippen LogP contribution in [0.1, 0.15) is 23.4 Å². The smallest absolute Gasteiger partial charge is 0.251 e. The summed E-state index contributed by atoms with van der Waals surface area (Å²) in [6, 6.07) is 28.5. The van der Waals surface area contributed by atoms with Gasteiger partial charge in [-0.1, -0.05) is 67.6 Å². The summed E-state index contributed by atoms with van der Waals surface area (Å²) in [6.07, 6.45) is 0.669. The summed E-state index contributed by atoms with van der Waals surface area (Å²) in [4.78, 5) is 33.6. The number of nitrogens with one attached hydrogen (secondary N) is 2. The average molecular weight is 442 g/mol. The van der Waals surface area contributed by atoms with Gasteiger partial charge in [0.2, 0.25) is 5.91 Å². The minimum Gasteiger partial charge on any atom is -0.325 e. The molecule has 160 valence electrons. The number of carbonyl (C=O) groups excluding carboxylic acids is 1. The first-order valence-corrected chi connectivity index (χ1v) is 11.3. The van der Waals surface area contributed by atoms with Gasteiger partial charge in [-0.3, -0.25) is 9.59 Å². The van der Waals surface area contributed by atoms with Crippen LogP contribution in [0.4, 0.5) is 5.69 Å². The highest BCUT2D eigenvalue weighted by atomic mass is 32.2. The summed E-state index contributed by atoms with van der Waals surface area (Å²) >= 11 is 1.50. The van der Waals surface area contributed by atoms with Gasteiger partial charge in [-0.2, -0.15) is 0 Å². The van der Waals surface area contributed by atoms with Gasteiger partial charge in [-0.15, -0.1) is 11.8 Å². The highest BCUT2D eigenvalue weighted by Gasteiger charge is 2.22. The van der Waals surface area contributed by atoms with E-state index in [4.69, 9.17) is 0 Å². The molecule has 1 unspecified atom stereocenters. The Morgan fingerprint density at radius 2 is 1.69 bits per heavy atom. The van der Waals surface area contributed by atoms with Gasteiger partial charge in [0.15, 0.2) is 0 Å². The number of hydrogen-bond donors (Lipinski definition) is 2. The van der Waals surface area contributed by atoms with E-state index in [-0.39, 0.29) is 11.5 Å². The monoisotopic (exact) mass is 441 g/mol. The highest BCUT2D eigenvalue weighted by Crippen LogP contribution is 2.36. The second-order valence-electron chi connectivity index (χ2n) is 7.23. The topological polar surface area (TPSA) is 74.8 Å². The molecule has 32 heavy (non-hydrogen) atoms. The molecule has 0 saturated heterocycles.